The number of ether oxygens (including phenoxy) is 1. The van der Waals surface area contributed by atoms with Crippen LogP contribution in [0.2, 0.25) is 0 Å². The summed E-state index contributed by atoms with van der Waals surface area (Å²) in [5, 5.41) is 3.04. The van der Waals surface area contributed by atoms with Gasteiger partial charge >= 0.3 is 0 Å². The van der Waals surface area contributed by atoms with Gasteiger partial charge in [-0.3, -0.25) is 0 Å². The molecule has 1 aromatic carbocycles. The average Bonchev–Trinajstić information content (AvgIpc) is 2.55. The molecule has 2 rings (SSSR count). The van der Waals surface area contributed by atoms with Gasteiger partial charge in [0.2, 0.25) is 0 Å². The third-order valence-corrected chi connectivity index (χ3v) is 3.61. The standard InChI is InChI=1S/C9H8BrNOS/c1-12-7-4-13-9-5(7)2-3-6(10)8(9)11/h2-4H,11H2,1H3. The molecule has 2 nitrogen and oxygen atoms in total. The van der Waals surface area contributed by atoms with Crippen LogP contribution in [0.15, 0.2) is 22.0 Å². The van der Waals surface area contributed by atoms with Crippen molar-refractivity contribution >= 4 is 43.0 Å². The smallest absolute Gasteiger partial charge is 0.137 e. The average molecular weight is 258 g/mol. The lowest BCUT2D eigenvalue weighted by Crippen LogP contribution is -1.86. The molecule has 0 spiro atoms. The Morgan fingerprint density at radius 1 is 1.46 bits per heavy atom. The fraction of sp³-hybridized carbons (Fsp3) is 0.111. The minimum Gasteiger partial charge on any atom is -0.495 e. The minimum atomic E-state index is 0.783. The Morgan fingerprint density at radius 2 is 2.23 bits per heavy atom. The summed E-state index contributed by atoms with van der Waals surface area (Å²) in [7, 11) is 1.67. The quantitative estimate of drug-likeness (QED) is 0.797. The van der Waals surface area contributed by atoms with Gasteiger partial charge in [0.25, 0.3) is 0 Å². The molecule has 0 bridgehead atoms. The van der Waals surface area contributed by atoms with Crippen LogP contribution in [0.4, 0.5) is 5.69 Å². The van der Waals surface area contributed by atoms with Gasteiger partial charge in [0.15, 0.2) is 0 Å². The highest BCUT2D eigenvalue weighted by molar-refractivity contribution is 9.10. The summed E-state index contributed by atoms with van der Waals surface area (Å²) < 4.78 is 7.21. The summed E-state index contributed by atoms with van der Waals surface area (Å²) in [5.74, 6) is 0.888. The molecule has 1 aromatic heterocycles. The van der Waals surface area contributed by atoms with Crippen molar-refractivity contribution in [1.82, 2.24) is 0 Å². The highest BCUT2D eigenvalue weighted by Crippen LogP contribution is 2.38. The summed E-state index contributed by atoms with van der Waals surface area (Å²) in [6.07, 6.45) is 0. The summed E-state index contributed by atoms with van der Waals surface area (Å²) in [6.45, 7) is 0. The maximum atomic E-state index is 5.89. The van der Waals surface area contributed by atoms with E-state index >= 15 is 0 Å². The lowest BCUT2D eigenvalue weighted by Gasteiger charge is -2.00. The van der Waals surface area contributed by atoms with Crippen LogP contribution in [0.5, 0.6) is 5.75 Å². The number of halogens is 1. The molecule has 0 amide bonds. The van der Waals surface area contributed by atoms with Gasteiger partial charge in [-0.1, -0.05) is 0 Å². The van der Waals surface area contributed by atoms with E-state index in [9.17, 15) is 0 Å². The highest BCUT2D eigenvalue weighted by atomic mass is 79.9. The first-order valence-corrected chi connectivity index (χ1v) is 5.40. The number of hydrogen-bond acceptors (Lipinski definition) is 3. The molecule has 0 saturated carbocycles. The number of benzene rings is 1. The molecule has 0 unspecified atom stereocenters. The van der Waals surface area contributed by atoms with Gasteiger partial charge in [0, 0.05) is 15.2 Å². The monoisotopic (exact) mass is 257 g/mol. The molecule has 0 radical (unpaired) electrons. The Hall–Kier alpha value is -0.740. The SMILES string of the molecule is COc1csc2c(N)c(Br)ccc12. The summed E-state index contributed by atoms with van der Waals surface area (Å²) >= 11 is 4.99. The van der Waals surface area contributed by atoms with E-state index in [-0.39, 0.29) is 0 Å². The zero-order valence-corrected chi connectivity index (χ0v) is 9.41. The van der Waals surface area contributed by atoms with Gasteiger partial charge in [-0.25, -0.2) is 0 Å². The molecule has 1 heterocycles. The van der Waals surface area contributed by atoms with Crippen LogP contribution in [0.25, 0.3) is 10.1 Å². The third kappa shape index (κ3) is 1.30. The van der Waals surface area contributed by atoms with Crippen LogP contribution in [0.1, 0.15) is 0 Å². The predicted octanol–water partition coefficient (Wildman–Crippen LogP) is 3.25. The Balaban J connectivity index is 2.81. The van der Waals surface area contributed by atoms with Crippen LogP contribution in [-0.4, -0.2) is 7.11 Å². The van der Waals surface area contributed by atoms with Crippen molar-refractivity contribution in [3.63, 3.8) is 0 Å². The molecular weight excluding hydrogens is 250 g/mol. The maximum absolute atomic E-state index is 5.89. The van der Waals surface area contributed by atoms with Crippen LogP contribution < -0.4 is 10.5 Å². The van der Waals surface area contributed by atoms with Crippen molar-refractivity contribution < 1.29 is 4.74 Å². The molecule has 4 heteroatoms. The molecule has 0 aliphatic heterocycles. The van der Waals surface area contributed by atoms with Gasteiger partial charge < -0.3 is 10.5 Å². The zero-order valence-electron chi connectivity index (χ0n) is 7.00. The highest BCUT2D eigenvalue weighted by Gasteiger charge is 2.08. The fourth-order valence-corrected chi connectivity index (χ4v) is 2.67. The molecule has 0 fully saturated rings. The number of anilines is 1. The molecule has 0 atom stereocenters. The fourth-order valence-electron chi connectivity index (χ4n) is 1.23. The number of rotatable bonds is 1. The number of methoxy groups -OCH3 is 1. The Bertz CT molecular complexity index is 452. The van der Waals surface area contributed by atoms with Crippen LogP contribution in [0, 0.1) is 0 Å². The third-order valence-electron chi connectivity index (χ3n) is 1.91. The van der Waals surface area contributed by atoms with Crippen molar-refractivity contribution in [2.24, 2.45) is 0 Å². The minimum absolute atomic E-state index is 0.783. The molecule has 0 aliphatic rings. The van der Waals surface area contributed by atoms with Gasteiger partial charge in [-0.15, -0.1) is 11.3 Å². The predicted molar refractivity (Wildman–Crippen MR) is 60.5 cm³/mol. The summed E-state index contributed by atoms with van der Waals surface area (Å²) in [4.78, 5) is 0. The normalized spacial score (nSPS) is 10.6. The van der Waals surface area contributed by atoms with Crippen molar-refractivity contribution in [3.05, 3.63) is 22.0 Å². The van der Waals surface area contributed by atoms with Crippen LogP contribution >= 0.6 is 27.3 Å². The molecule has 68 valence electrons. The van der Waals surface area contributed by atoms with Crippen molar-refractivity contribution in [1.29, 1.82) is 0 Å². The molecule has 0 saturated heterocycles. The van der Waals surface area contributed by atoms with E-state index < -0.39 is 0 Å². The van der Waals surface area contributed by atoms with Crippen molar-refractivity contribution in [2.75, 3.05) is 12.8 Å². The van der Waals surface area contributed by atoms with Gasteiger partial charge in [-0.05, 0) is 28.1 Å². The van der Waals surface area contributed by atoms with Crippen LogP contribution in [-0.2, 0) is 0 Å². The molecular formula is C9H8BrNOS. The van der Waals surface area contributed by atoms with E-state index in [0.29, 0.717) is 0 Å². The summed E-state index contributed by atoms with van der Waals surface area (Å²) in [6, 6.07) is 3.94. The van der Waals surface area contributed by atoms with Gasteiger partial charge in [0.05, 0.1) is 17.5 Å². The lowest BCUT2D eigenvalue weighted by atomic mass is 10.2. The Morgan fingerprint density at radius 3 is 2.92 bits per heavy atom. The number of nitrogens with two attached hydrogens (primary N) is 1. The van der Waals surface area contributed by atoms with E-state index in [1.807, 2.05) is 17.5 Å². The van der Waals surface area contributed by atoms with E-state index in [2.05, 4.69) is 15.9 Å². The molecule has 2 N–H and O–H groups in total. The van der Waals surface area contributed by atoms with E-state index in [0.717, 1.165) is 26.0 Å². The zero-order chi connectivity index (χ0) is 9.42. The number of hydrogen-bond donors (Lipinski definition) is 1. The maximum Gasteiger partial charge on any atom is 0.137 e. The first-order valence-electron chi connectivity index (χ1n) is 3.73. The number of nitrogen functional groups attached to an aromatic ring is 1. The number of thiophene rings is 1. The van der Waals surface area contributed by atoms with Crippen molar-refractivity contribution in [2.45, 2.75) is 0 Å². The second-order valence-corrected chi connectivity index (χ2v) is 4.38. The largest absolute Gasteiger partial charge is 0.495 e. The van der Waals surface area contributed by atoms with Gasteiger partial charge in [0.1, 0.15) is 5.75 Å². The first-order chi connectivity index (χ1) is 6.24. The second-order valence-electron chi connectivity index (χ2n) is 2.64. The van der Waals surface area contributed by atoms with Gasteiger partial charge in [-0.2, -0.15) is 0 Å². The first kappa shape index (κ1) is 8.84. The second kappa shape index (κ2) is 3.20. The molecule has 13 heavy (non-hydrogen) atoms. The van der Waals surface area contributed by atoms with E-state index in [1.54, 1.807) is 18.4 Å². The molecule has 2 aromatic rings. The Kier molecular flexibility index (Phi) is 2.17. The lowest BCUT2D eigenvalue weighted by molar-refractivity contribution is 0.421. The van der Waals surface area contributed by atoms with Crippen molar-refractivity contribution in [3.8, 4) is 5.75 Å². The Labute approximate surface area is 88.4 Å². The topological polar surface area (TPSA) is 35.2 Å². The van der Waals surface area contributed by atoms with E-state index in [1.165, 1.54) is 0 Å². The van der Waals surface area contributed by atoms with Crippen LogP contribution in [0.3, 0.4) is 0 Å². The summed E-state index contributed by atoms with van der Waals surface area (Å²) in [5.41, 5.74) is 6.68. The number of fused-ring (bicyclic) bond motifs is 1. The molecule has 0 aliphatic carbocycles. The van der Waals surface area contributed by atoms with E-state index in [4.69, 9.17) is 10.5 Å².